The molecule has 1 unspecified atom stereocenters. The standard InChI is InChI=1S/C8H10N4O2/c1-2-3-10-4-5(9)6-7(13)12-8(14)11-6/h2-4,6H,1,9H2,(H2,11,12,13,14)/b5-4-,10-3?. The third kappa shape index (κ3) is 2.19. The SMILES string of the molecule is C=CC=N/C=C(\N)C1NC(=O)NC1=O. The minimum absolute atomic E-state index is 0.173. The molecule has 4 N–H and O–H groups in total. The van der Waals surface area contributed by atoms with Gasteiger partial charge in [0.1, 0.15) is 0 Å². The van der Waals surface area contributed by atoms with Crippen LogP contribution in [0, 0.1) is 0 Å². The van der Waals surface area contributed by atoms with Crippen molar-refractivity contribution in [3.63, 3.8) is 0 Å². The molecule has 6 heteroatoms. The molecule has 0 bridgehead atoms. The molecule has 0 saturated carbocycles. The summed E-state index contributed by atoms with van der Waals surface area (Å²) >= 11 is 0. The highest BCUT2D eigenvalue weighted by atomic mass is 16.2. The maximum Gasteiger partial charge on any atom is 0.322 e. The van der Waals surface area contributed by atoms with Crippen molar-refractivity contribution >= 4 is 18.2 Å². The zero-order valence-electron chi connectivity index (χ0n) is 7.36. The third-order valence-corrected chi connectivity index (χ3v) is 1.52. The van der Waals surface area contributed by atoms with E-state index < -0.39 is 18.0 Å². The second kappa shape index (κ2) is 4.22. The number of hydrogen-bond acceptors (Lipinski definition) is 4. The van der Waals surface area contributed by atoms with Crippen LogP contribution < -0.4 is 16.4 Å². The molecule has 0 aromatic carbocycles. The van der Waals surface area contributed by atoms with Crippen molar-refractivity contribution in [1.82, 2.24) is 10.6 Å². The maximum absolute atomic E-state index is 11.1. The summed E-state index contributed by atoms with van der Waals surface area (Å²) in [6.45, 7) is 3.41. The van der Waals surface area contributed by atoms with Crippen LogP contribution >= 0.6 is 0 Å². The van der Waals surface area contributed by atoms with Crippen LogP contribution in [0.2, 0.25) is 0 Å². The number of imide groups is 1. The number of urea groups is 1. The first-order valence-corrected chi connectivity index (χ1v) is 3.86. The Morgan fingerprint density at radius 1 is 1.57 bits per heavy atom. The number of nitrogens with one attached hydrogen (secondary N) is 2. The van der Waals surface area contributed by atoms with E-state index in [0.717, 1.165) is 0 Å². The van der Waals surface area contributed by atoms with Crippen LogP contribution in [0.3, 0.4) is 0 Å². The first-order valence-electron chi connectivity index (χ1n) is 3.86. The van der Waals surface area contributed by atoms with E-state index in [1.165, 1.54) is 18.5 Å². The van der Waals surface area contributed by atoms with Crippen molar-refractivity contribution in [2.45, 2.75) is 6.04 Å². The highest BCUT2D eigenvalue weighted by molar-refractivity contribution is 6.05. The van der Waals surface area contributed by atoms with Crippen LogP contribution in [0.4, 0.5) is 4.79 Å². The molecule has 1 fully saturated rings. The normalized spacial score (nSPS) is 22.3. The van der Waals surface area contributed by atoms with Crippen LogP contribution in [0.5, 0.6) is 0 Å². The fourth-order valence-electron chi connectivity index (χ4n) is 0.916. The number of allylic oxidation sites excluding steroid dienone is 1. The van der Waals surface area contributed by atoms with Crippen LogP contribution in [0.1, 0.15) is 0 Å². The van der Waals surface area contributed by atoms with Gasteiger partial charge >= 0.3 is 6.03 Å². The van der Waals surface area contributed by atoms with Gasteiger partial charge in [-0.1, -0.05) is 12.7 Å². The fraction of sp³-hybridized carbons (Fsp3) is 0.125. The van der Waals surface area contributed by atoms with Crippen molar-refractivity contribution in [2.75, 3.05) is 0 Å². The zero-order valence-corrected chi connectivity index (χ0v) is 7.36. The summed E-state index contributed by atoms with van der Waals surface area (Å²) in [7, 11) is 0. The van der Waals surface area contributed by atoms with Gasteiger partial charge in [0, 0.05) is 12.4 Å². The molecule has 1 aliphatic rings. The Labute approximate surface area is 80.6 Å². The van der Waals surface area contributed by atoms with Gasteiger partial charge in [0.15, 0.2) is 6.04 Å². The third-order valence-electron chi connectivity index (χ3n) is 1.52. The van der Waals surface area contributed by atoms with Gasteiger partial charge in [-0.05, 0) is 0 Å². The minimum Gasteiger partial charge on any atom is -0.399 e. The molecule has 6 nitrogen and oxygen atoms in total. The van der Waals surface area contributed by atoms with Gasteiger partial charge in [-0.15, -0.1) is 0 Å². The predicted molar refractivity (Wildman–Crippen MR) is 51.4 cm³/mol. The summed E-state index contributed by atoms with van der Waals surface area (Å²) in [6, 6.07) is -1.38. The van der Waals surface area contributed by atoms with Gasteiger partial charge in [-0.25, -0.2) is 4.79 Å². The second-order valence-corrected chi connectivity index (χ2v) is 2.56. The first-order chi connectivity index (χ1) is 6.65. The summed E-state index contributed by atoms with van der Waals surface area (Å²) < 4.78 is 0. The zero-order chi connectivity index (χ0) is 10.6. The van der Waals surface area contributed by atoms with Crippen molar-refractivity contribution < 1.29 is 9.59 Å². The molecule has 1 atom stereocenters. The lowest BCUT2D eigenvalue weighted by Gasteiger charge is -2.04. The highest BCUT2D eigenvalue weighted by Gasteiger charge is 2.31. The molecular formula is C8H10N4O2. The number of nitrogens with zero attached hydrogens (tertiary/aromatic N) is 1. The molecular weight excluding hydrogens is 184 g/mol. The molecule has 74 valence electrons. The van der Waals surface area contributed by atoms with E-state index in [0.29, 0.717) is 0 Å². The molecule has 1 saturated heterocycles. The van der Waals surface area contributed by atoms with Gasteiger partial charge in [0.25, 0.3) is 5.91 Å². The number of hydrogen-bond donors (Lipinski definition) is 3. The van der Waals surface area contributed by atoms with Crippen LogP contribution in [0.25, 0.3) is 0 Å². The van der Waals surface area contributed by atoms with Gasteiger partial charge < -0.3 is 11.1 Å². The Morgan fingerprint density at radius 2 is 2.29 bits per heavy atom. The molecule has 0 aromatic heterocycles. The van der Waals surface area contributed by atoms with Crippen LogP contribution in [-0.2, 0) is 4.79 Å². The average Bonchev–Trinajstić information content (AvgIpc) is 2.45. The Kier molecular flexibility index (Phi) is 3.01. The van der Waals surface area contributed by atoms with E-state index in [9.17, 15) is 9.59 Å². The van der Waals surface area contributed by atoms with Gasteiger partial charge in [0.2, 0.25) is 0 Å². The van der Waals surface area contributed by atoms with Crippen molar-refractivity contribution in [3.05, 3.63) is 24.6 Å². The summed E-state index contributed by atoms with van der Waals surface area (Å²) in [6.07, 6.45) is 4.18. The average molecular weight is 194 g/mol. The number of rotatable bonds is 3. The van der Waals surface area contributed by atoms with E-state index >= 15 is 0 Å². The summed E-state index contributed by atoms with van der Waals surface area (Å²) in [5.41, 5.74) is 5.68. The van der Waals surface area contributed by atoms with Crippen LogP contribution in [0.15, 0.2) is 29.5 Å². The number of nitrogens with two attached hydrogens (primary N) is 1. The van der Waals surface area contributed by atoms with Gasteiger partial charge in [0.05, 0.1) is 5.70 Å². The van der Waals surface area contributed by atoms with Crippen molar-refractivity contribution in [3.8, 4) is 0 Å². The highest BCUT2D eigenvalue weighted by Crippen LogP contribution is 2.00. The smallest absolute Gasteiger partial charge is 0.322 e. The molecule has 1 rings (SSSR count). The van der Waals surface area contributed by atoms with E-state index in [-0.39, 0.29) is 5.70 Å². The Morgan fingerprint density at radius 3 is 2.79 bits per heavy atom. The number of amides is 3. The summed E-state index contributed by atoms with van der Waals surface area (Å²) in [5, 5.41) is 4.39. The molecule has 1 heterocycles. The molecule has 1 aliphatic heterocycles. The largest absolute Gasteiger partial charge is 0.399 e. The number of aliphatic imine (C=N–C) groups is 1. The molecule has 0 spiro atoms. The predicted octanol–water partition coefficient (Wildman–Crippen LogP) is -0.749. The summed E-state index contributed by atoms with van der Waals surface area (Å²) in [5.74, 6) is -0.474. The minimum atomic E-state index is -0.829. The van der Waals surface area contributed by atoms with Crippen molar-refractivity contribution in [1.29, 1.82) is 0 Å². The van der Waals surface area contributed by atoms with Crippen molar-refractivity contribution in [2.24, 2.45) is 10.7 Å². The topological polar surface area (TPSA) is 96.6 Å². The lowest BCUT2D eigenvalue weighted by atomic mass is 10.2. The summed E-state index contributed by atoms with van der Waals surface area (Å²) in [4.78, 5) is 25.5. The first kappa shape index (κ1) is 9.97. The quantitative estimate of drug-likeness (QED) is 0.407. The van der Waals surface area contributed by atoms with Gasteiger partial charge in [-0.2, -0.15) is 0 Å². The molecule has 3 amide bonds. The lowest BCUT2D eigenvalue weighted by molar-refractivity contribution is -0.119. The van der Waals surface area contributed by atoms with E-state index in [1.54, 1.807) is 0 Å². The second-order valence-electron chi connectivity index (χ2n) is 2.56. The van der Waals surface area contributed by atoms with E-state index in [1.807, 2.05) is 0 Å². The maximum atomic E-state index is 11.1. The Hall–Kier alpha value is -2.11. The molecule has 0 aromatic rings. The number of carbonyl (C=O) groups excluding carboxylic acids is 2. The van der Waals surface area contributed by atoms with E-state index in [4.69, 9.17) is 5.73 Å². The molecule has 14 heavy (non-hydrogen) atoms. The monoisotopic (exact) mass is 194 g/mol. The molecule has 0 aliphatic carbocycles. The van der Waals surface area contributed by atoms with Crippen LogP contribution in [-0.4, -0.2) is 24.2 Å². The fourth-order valence-corrected chi connectivity index (χ4v) is 0.916. The lowest BCUT2D eigenvalue weighted by Crippen LogP contribution is -2.34. The Bertz CT molecular complexity index is 332. The number of carbonyl (C=O) groups is 2. The van der Waals surface area contributed by atoms with E-state index in [2.05, 4.69) is 22.2 Å². The Balaban J connectivity index is 2.69. The van der Waals surface area contributed by atoms with Gasteiger partial charge in [-0.3, -0.25) is 15.1 Å². The molecule has 0 radical (unpaired) electrons.